The number of hydrogen-bond donors (Lipinski definition) is 4. The number of nitrogens with zero attached hydrogens (tertiary/aromatic N) is 7. The van der Waals surface area contributed by atoms with Crippen LogP contribution in [0.1, 0.15) is 25.1 Å². The molecule has 0 radical (unpaired) electrons. The number of alkyl halides is 1. The van der Waals surface area contributed by atoms with Crippen molar-refractivity contribution in [2.45, 2.75) is 55.3 Å². The lowest BCUT2D eigenvalue weighted by Gasteiger charge is -2.47. The summed E-state index contributed by atoms with van der Waals surface area (Å²) in [5.41, 5.74) is 3.15. The van der Waals surface area contributed by atoms with Crippen LogP contribution >= 0.6 is 15.9 Å². The van der Waals surface area contributed by atoms with Crippen LogP contribution in [-0.2, 0) is 27.4 Å². The molecule has 2 aliphatic carbocycles. The molecule has 3 unspecified atom stereocenters. The number of nitrogens with one attached hydrogen (secondary N) is 1. The minimum Gasteiger partial charge on any atom is -0.388 e. The number of aromatic amines is 1. The van der Waals surface area contributed by atoms with Crippen LogP contribution in [-0.4, -0.2) is 92.4 Å². The van der Waals surface area contributed by atoms with E-state index in [2.05, 4.69) is 29.9 Å². The Hall–Kier alpha value is -3.28. The van der Waals surface area contributed by atoms with Crippen LogP contribution in [0.3, 0.4) is 0 Å². The number of aliphatic hydroxyl groups is 1. The van der Waals surface area contributed by atoms with Crippen LogP contribution in [0.4, 0.5) is 10.2 Å². The van der Waals surface area contributed by atoms with E-state index in [4.69, 9.17) is 24.0 Å². The Morgan fingerprint density at radius 3 is 2.73 bits per heavy atom. The molecule has 5 N–H and O–H groups in total. The lowest BCUT2D eigenvalue weighted by atomic mass is 9.60. The number of ether oxygens (including phenoxy) is 1. The van der Waals surface area contributed by atoms with Crippen LogP contribution in [0.2, 0.25) is 0 Å². The Kier molecular flexibility index (Phi) is 6.32. The number of anilines is 1. The lowest BCUT2D eigenvalue weighted by molar-refractivity contribution is -0.0847. The first-order chi connectivity index (χ1) is 21.1. The number of fused-ring (bicyclic) bond motifs is 3. The molecule has 8 rings (SSSR count). The van der Waals surface area contributed by atoms with Gasteiger partial charge in [0.15, 0.2) is 41.1 Å². The van der Waals surface area contributed by atoms with E-state index in [1.165, 1.54) is 12.7 Å². The third-order valence-corrected chi connectivity index (χ3v) is 12.0. The van der Waals surface area contributed by atoms with Gasteiger partial charge in [0.1, 0.15) is 36.3 Å². The van der Waals surface area contributed by atoms with Crippen molar-refractivity contribution in [2.75, 3.05) is 18.9 Å². The summed E-state index contributed by atoms with van der Waals surface area (Å²) in [6.07, 6.45) is -1.57. The maximum absolute atomic E-state index is 16.2. The molecule has 0 aromatic carbocycles. The molecule has 11 atom stereocenters. The van der Waals surface area contributed by atoms with Crippen LogP contribution in [0.5, 0.6) is 0 Å². The number of nitrogens with two attached hydrogens (primary N) is 1. The zero-order valence-corrected chi connectivity index (χ0v) is 24.3. The van der Waals surface area contributed by atoms with Crippen molar-refractivity contribution in [3.8, 4) is 0 Å². The van der Waals surface area contributed by atoms with Gasteiger partial charge in [0.05, 0.1) is 31.6 Å². The molecule has 4 aliphatic rings. The number of halogens is 1. The normalized spacial score (nSPS) is 39.8. The number of hydrogen-bond acceptors (Lipinski definition) is 14. The summed E-state index contributed by atoms with van der Waals surface area (Å²) in [6, 6.07) is -0.702. The maximum atomic E-state index is 16.2. The van der Waals surface area contributed by atoms with E-state index >= 15 is 4.39 Å². The van der Waals surface area contributed by atoms with Gasteiger partial charge < -0.3 is 34.5 Å². The molecule has 1 spiro atoms. The van der Waals surface area contributed by atoms with Crippen molar-refractivity contribution >= 4 is 44.0 Å². The Morgan fingerprint density at radius 2 is 1.93 bits per heavy atom. The Morgan fingerprint density at radius 1 is 1.16 bits per heavy atom. The van der Waals surface area contributed by atoms with Crippen LogP contribution in [0.15, 0.2) is 30.1 Å². The summed E-state index contributed by atoms with van der Waals surface area (Å²) in [5, 5.41) is 11.6. The third kappa shape index (κ3) is 3.91. The highest BCUT2D eigenvalue weighted by Crippen LogP contribution is 2.67. The molecule has 4 fully saturated rings. The summed E-state index contributed by atoms with van der Waals surface area (Å²) < 4.78 is 68.6. The van der Waals surface area contributed by atoms with Crippen molar-refractivity contribution in [2.24, 2.45) is 11.3 Å². The van der Waals surface area contributed by atoms with Crippen molar-refractivity contribution in [3.05, 3.63) is 35.7 Å². The van der Waals surface area contributed by atoms with Gasteiger partial charge in [-0.15, -0.1) is 9.05 Å². The van der Waals surface area contributed by atoms with Crippen LogP contribution in [0.25, 0.3) is 22.3 Å². The summed E-state index contributed by atoms with van der Waals surface area (Å²) in [5.74, 6) is -0.248. The summed E-state index contributed by atoms with van der Waals surface area (Å²) >= 11 is 0. The van der Waals surface area contributed by atoms with Gasteiger partial charge in [0, 0.05) is 9.98 Å². The van der Waals surface area contributed by atoms with Crippen LogP contribution < -0.4 is 11.3 Å². The first kappa shape index (κ1) is 28.2. The smallest absolute Gasteiger partial charge is 0.388 e. The van der Waals surface area contributed by atoms with Crippen molar-refractivity contribution in [1.29, 1.82) is 0 Å². The van der Waals surface area contributed by atoms with Gasteiger partial charge in [-0.3, -0.25) is 13.9 Å². The van der Waals surface area contributed by atoms with Crippen molar-refractivity contribution in [1.82, 2.24) is 39.0 Å². The molecule has 21 heteroatoms. The highest BCUT2D eigenvalue weighted by Gasteiger charge is 2.70. The fourth-order valence-corrected chi connectivity index (χ4v) is 9.77. The molecule has 0 amide bonds. The fourth-order valence-electron chi connectivity index (χ4n) is 7.24. The topological polar surface area (TPSA) is 245 Å². The predicted molar refractivity (Wildman–Crippen MR) is 145 cm³/mol. The largest absolute Gasteiger partial charge is 0.697 e. The van der Waals surface area contributed by atoms with E-state index in [1.54, 1.807) is 4.57 Å². The number of rotatable bonds is 2. The van der Waals surface area contributed by atoms with Gasteiger partial charge in [0.2, 0.25) is 0 Å². The molecule has 0 bridgehead atoms. The van der Waals surface area contributed by atoms with Gasteiger partial charge in [-0.25, -0.2) is 29.3 Å². The Balaban J connectivity index is 1.13. The minimum atomic E-state index is -4.83. The number of aliphatic hydroxyl groups excluding tert-OH is 1. The molecular weight excluding hydrogens is 627 g/mol. The van der Waals surface area contributed by atoms with Crippen molar-refractivity contribution < 1.29 is 41.8 Å². The monoisotopic (exact) mass is 652 g/mol. The maximum Gasteiger partial charge on any atom is 0.697 e. The lowest BCUT2D eigenvalue weighted by Crippen LogP contribution is -2.49. The summed E-state index contributed by atoms with van der Waals surface area (Å²) in [4.78, 5) is 46.2. The molecule has 232 valence electrons. The van der Waals surface area contributed by atoms with Gasteiger partial charge in [-0.2, -0.15) is 0 Å². The van der Waals surface area contributed by atoms with E-state index in [0.717, 1.165) is 17.2 Å². The van der Waals surface area contributed by atoms with Gasteiger partial charge in [-0.05, 0) is 18.8 Å². The summed E-state index contributed by atoms with van der Waals surface area (Å²) in [7, 11) is -7.75. The van der Waals surface area contributed by atoms with Gasteiger partial charge >= 0.3 is 15.9 Å². The molecule has 2 aliphatic heterocycles. The predicted octanol–water partition coefficient (Wildman–Crippen LogP) is 0.733. The standard InChI is InChI=1S/C23H24FN9O9P2/c24-11-16-10(41-22(11)33-8-31-13-20(33)28-6-29-21(13)35)3-39-43(36)42-17-15(34)14(9-1-2-23(9,17)4-40-44(16,37)38)32-7-30-12-18(25)26-5-27-19(12)32/h5-11,14-17,22,34H,1-4H2,(H3-,25,26,27,28,29,35,37,38)/p+1/t9-,10-,11-,14-,15+,16-,17+,22-,23?/m1/s1. The fraction of sp³-hybridized carbons (Fsp3) is 0.565. The second-order valence-electron chi connectivity index (χ2n) is 11.4. The third-order valence-electron chi connectivity index (χ3n) is 9.38. The average Bonchev–Trinajstić information content (AvgIpc) is 3.71. The highest BCUT2D eigenvalue weighted by molar-refractivity contribution is 7.53. The molecule has 4 aromatic heterocycles. The van der Waals surface area contributed by atoms with E-state index in [1.807, 2.05) is 0 Å². The van der Waals surface area contributed by atoms with Crippen molar-refractivity contribution in [3.63, 3.8) is 0 Å². The zero-order valence-electron chi connectivity index (χ0n) is 22.5. The average molecular weight is 652 g/mol. The molecular formula is C23H25FN9O9P2+. The first-order valence-electron chi connectivity index (χ1n) is 13.7. The second kappa shape index (κ2) is 9.86. The Bertz CT molecular complexity index is 1920. The first-order valence-corrected chi connectivity index (χ1v) is 16.4. The zero-order chi connectivity index (χ0) is 30.5. The van der Waals surface area contributed by atoms with Crippen LogP contribution in [0, 0.1) is 11.3 Å². The Labute approximate surface area is 246 Å². The summed E-state index contributed by atoms with van der Waals surface area (Å²) in [6.45, 7) is -1.02. The highest BCUT2D eigenvalue weighted by atomic mass is 31.2. The number of imidazole rings is 2. The van der Waals surface area contributed by atoms with E-state index in [-0.39, 0.29) is 17.0 Å². The van der Waals surface area contributed by atoms with E-state index < -0.39 is 88.4 Å². The molecule has 44 heavy (non-hydrogen) atoms. The van der Waals surface area contributed by atoms with E-state index in [0.29, 0.717) is 24.0 Å². The number of H-pyrrole nitrogens is 1. The van der Waals surface area contributed by atoms with E-state index in [9.17, 15) is 23.9 Å². The van der Waals surface area contributed by atoms with Gasteiger partial charge in [-0.1, -0.05) is 0 Å². The molecule has 18 nitrogen and oxygen atoms in total. The number of nitrogen functional groups attached to an aromatic ring is 1. The quantitative estimate of drug-likeness (QED) is 0.218. The minimum absolute atomic E-state index is 0.00462. The molecule has 6 heterocycles. The molecule has 2 saturated carbocycles. The SMILES string of the molecule is Nc1ncnc2c1ncn2[C@H]1[C@H](O)[C@@H]2O[P+](=O)OC[C@H]3O[C@@H](n4cnc5c(=O)[nH]cnc54)[C@H](F)[C@@H]3P(=O)(O)OCC23CC[C@H]13. The molecule has 4 aromatic rings. The second-order valence-corrected chi connectivity index (χ2v) is 14.3. The van der Waals surface area contributed by atoms with Gasteiger partial charge in [0.25, 0.3) is 5.56 Å². The number of aromatic nitrogens is 8. The molecule has 2 saturated heterocycles.